The molecule has 0 fully saturated rings. The van der Waals surface area contributed by atoms with Crippen LogP contribution >= 0.6 is 31.9 Å². The lowest BCUT2D eigenvalue weighted by Gasteiger charge is -2.12. The zero-order chi connectivity index (χ0) is 14.7. The minimum Gasteiger partial charge on any atom is -0.455 e. The highest BCUT2D eigenvalue weighted by molar-refractivity contribution is 9.10. The Balaban J connectivity index is 2.46. The molecule has 2 aromatic carbocycles. The fourth-order valence-electron chi connectivity index (χ4n) is 1.52. The molecule has 0 saturated carbocycles. The van der Waals surface area contributed by atoms with E-state index in [9.17, 15) is 4.39 Å². The third-order valence-corrected chi connectivity index (χ3v) is 3.59. The summed E-state index contributed by atoms with van der Waals surface area (Å²) in [5.74, 6) is 0.105. The first-order chi connectivity index (χ1) is 9.51. The van der Waals surface area contributed by atoms with Gasteiger partial charge in [-0.05, 0) is 46.3 Å². The van der Waals surface area contributed by atoms with Gasteiger partial charge in [0, 0.05) is 10.5 Å². The van der Waals surface area contributed by atoms with Crippen LogP contribution < -0.4 is 10.5 Å². The monoisotopic (exact) mass is 402 g/mol. The van der Waals surface area contributed by atoms with E-state index >= 15 is 0 Å². The minimum atomic E-state index is -0.425. The number of hydrogen-bond donors (Lipinski definition) is 2. The maximum absolute atomic E-state index is 13.2. The van der Waals surface area contributed by atoms with Gasteiger partial charge >= 0.3 is 0 Å². The SMILES string of the molecule is N/C(=N/O)c1cc(Br)ccc1Oc1cc(F)ccc1Br. The molecule has 2 aromatic rings. The van der Waals surface area contributed by atoms with Crippen molar-refractivity contribution in [2.24, 2.45) is 10.9 Å². The predicted octanol–water partition coefficient (Wildman–Crippen LogP) is 4.24. The summed E-state index contributed by atoms with van der Waals surface area (Å²) in [6.45, 7) is 0. The Kier molecular flexibility index (Phi) is 4.61. The number of amidine groups is 1. The summed E-state index contributed by atoms with van der Waals surface area (Å²) in [5, 5.41) is 11.7. The molecule has 20 heavy (non-hydrogen) atoms. The maximum atomic E-state index is 13.2. The standard InChI is InChI=1S/C13H9Br2FN2O2/c14-7-1-4-11(9(5-7)13(17)18-19)20-12-6-8(16)2-3-10(12)15/h1-6,19H,(H2,17,18). The van der Waals surface area contributed by atoms with Crippen LogP contribution in [0.2, 0.25) is 0 Å². The van der Waals surface area contributed by atoms with E-state index in [0.717, 1.165) is 4.47 Å². The quantitative estimate of drug-likeness (QED) is 0.348. The van der Waals surface area contributed by atoms with Crippen LogP contribution in [-0.4, -0.2) is 11.0 Å². The van der Waals surface area contributed by atoms with Gasteiger partial charge in [-0.3, -0.25) is 0 Å². The van der Waals surface area contributed by atoms with E-state index in [-0.39, 0.29) is 5.84 Å². The van der Waals surface area contributed by atoms with E-state index in [2.05, 4.69) is 37.0 Å². The number of ether oxygens (including phenoxy) is 1. The molecule has 0 spiro atoms. The minimum absolute atomic E-state index is 0.103. The van der Waals surface area contributed by atoms with Crippen molar-refractivity contribution in [2.75, 3.05) is 0 Å². The zero-order valence-corrected chi connectivity index (χ0v) is 13.2. The van der Waals surface area contributed by atoms with Gasteiger partial charge < -0.3 is 15.7 Å². The van der Waals surface area contributed by atoms with Crippen LogP contribution in [0, 0.1) is 5.82 Å². The van der Waals surface area contributed by atoms with Crippen LogP contribution in [0.15, 0.2) is 50.5 Å². The lowest BCUT2D eigenvalue weighted by Crippen LogP contribution is -2.14. The molecule has 2 rings (SSSR count). The van der Waals surface area contributed by atoms with Gasteiger partial charge in [0.05, 0.1) is 10.0 Å². The van der Waals surface area contributed by atoms with Gasteiger partial charge in [0.15, 0.2) is 5.84 Å². The Bertz CT molecular complexity index is 677. The molecule has 0 aliphatic carbocycles. The summed E-state index contributed by atoms with van der Waals surface area (Å²) in [6.07, 6.45) is 0. The molecule has 0 bridgehead atoms. The first-order valence-corrected chi connectivity index (χ1v) is 7.00. The second kappa shape index (κ2) is 6.23. The van der Waals surface area contributed by atoms with Crippen LogP contribution in [0.25, 0.3) is 0 Å². The number of hydrogen-bond acceptors (Lipinski definition) is 3. The van der Waals surface area contributed by atoms with E-state index < -0.39 is 5.82 Å². The summed E-state index contributed by atoms with van der Waals surface area (Å²) < 4.78 is 20.2. The van der Waals surface area contributed by atoms with Gasteiger partial charge in [-0.2, -0.15) is 0 Å². The zero-order valence-electron chi connectivity index (χ0n) is 9.98. The number of halogens is 3. The lowest BCUT2D eigenvalue weighted by atomic mass is 10.2. The molecule has 0 heterocycles. The molecule has 0 aliphatic heterocycles. The molecular weight excluding hydrogens is 395 g/mol. The third-order valence-electron chi connectivity index (χ3n) is 2.44. The van der Waals surface area contributed by atoms with Crippen molar-refractivity contribution < 1.29 is 14.3 Å². The first kappa shape index (κ1) is 14.8. The summed E-state index contributed by atoms with van der Waals surface area (Å²) in [7, 11) is 0. The van der Waals surface area contributed by atoms with E-state index in [0.29, 0.717) is 21.5 Å². The molecule has 0 atom stereocenters. The Morgan fingerprint density at radius 3 is 2.60 bits per heavy atom. The predicted molar refractivity (Wildman–Crippen MR) is 80.8 cm³/mol. The van der Waals surface area contributed by atoms with E-state index in [1.165, 1.54) is 18.2 Å². The molecule has 3 N–H and O–H groups in total. The fraction of sp³-hybridized carbons (Fsp3) is 0. The molecule has 0 aliphatic rings. The van der Waals surface area contributed by atoms with E-state index in [1.807, 2.05) is 0 Å². The van der Waals surface area contributed by atoms with Gasteiger partial charge in [-0.1, -0.05) is 21.1 Å². The van der Waals surface area contributed by atoms with Gasteiger partial charge in [-0.25, -0.2) is 4.39 Å². The Labute approximate surface area is 131 Å². The second-order valence-corrected chi connectivity index (χ2v) is 5.57. The third kappa shape index (κ3) is 3.29. The highest BCUT2D eigenvalue weighted by atomic mass is 79.9. The van der Waals surface area contributed by atoms with Crippen LogP contribution in [-0.2, 0) is 0 Å². The smallest absolute Gasteiger partial charge is 0.173 e. The van der Waals surface area contributed by atoms with E-state index in [1.54, 1.807) is 18.2 Å². The topological polar surface area (TPSA) is 67.8 Å². The number of nitrogens with zero attached hydrogens (tertiary/aromatic N) is 1. The van der Waals surface area contributed by atoms with Gasteiger partial charge in [0.2, 0.25) is 0 Å². The van der Waals surface area contributed by atoms with Gasteiger partial charge in [-0.15, -0.1) is 0 Å². The summed E-state index contributed by atoms with van der Waals surface area (Å²) in [6, 6.07) is 9.08. The number of rotatable bonds is 3. The van der Waals surface area contributed by atoms with Crippen LogP contribution in [0.5, 0.6) is 11.5 Å². The van der Waals surface area contributed by atoms with Crippen molar-refractivity contribution in [3.63, 3.8) is 0 Å². The molecule has 7 heteroatoms. The van der Waals surface area contributed by atoms with Crippen molar-refractivity contribution >= 4 is 37.7 Å². The molecule has 4 nitrogen and oxygen atoms in total. The second-order valence-electron chi connectivity index (χ2n) is 3.80. The fourth-order valence-corrected chi connectivity index (χ4v) is 2.21. The average molecular weight is 404 g/mol. The molecule has 104 valence electrons. The molecule has 0 radical (unpaired) electrons. The van der Waals surface area contributed by atoms with Crippen molar-refractivity contribution in [3.05, 3.63) is 56.7 Å². The number of nitrogens with two attached hydrogens (primary N) is 1. The van der Waals surface area contributed by atoms with Crippen LogP contribution in [0.3, 0.4) is 0 Å². The molecule has 0 aromatic heterocycles. The van der Waals surface area contributed by atoms with Crippen molar-refractivity contribution in [2.45, 2.75) is 0 Å². The Morgan fingerprint density at radius 2 is 1.90 bits per heavy atom. The van der Waals surface area contributed by atoms with Crippen molar-refractivity contribution in [3.8, 4) is 11.5 Å². The van der Waals surface area contributed by atoms with Gasteiger partial charge in [0.1, 0.15) is 17.3 Å². The van der Waals surface area contributed by atoms with Crippen LogP contribution in [0.4, 0.5) is 4.39 Å². The normalized spacial score (nSPS) is 11.4. The largest absolute Gasteiger partial charge is 0.455 e. The average Bonchev–Trinajstić information content (AvgIpc) is 2.43. The summed E-state index contributed by atoms with van der Waals surface area (Å²) in [4.78, 5) is 0. The Morgan fingerprint density at radius 1 is 1.15 bits per heavy atom. The summed E-state index contributed by atoms with van der Waals surface area (Å²) in [5.41, 5.74) is 5.99. The molecule has 0 amide bonds. The van der Waals surface area contributed by atoms with Crippen LogP contribution in [0.1, 0.15) is 5.56 Å². The molecule has 0 unspecified atom stereocenters. The number of benzene rings is 2. The summed E-state index contributed by atoms with van der Waals surface area (Å²) >= 11 is 6.56. The highest BCUT2D eigenvalue weighted by Crippen LogP contribution is 2.33. The molecular formula is C13H9Br2FN2O2. The van der Waals surface area contributed by atoms with Crippen molar-refractivity contribution in [1.29, 1.82) is 0 Å². The number of oxime groups is 1. The molecule has 0 saturated heterocycles. The maximum Gasteiger partial charge on any atom is 0.173 e. The van der Waals surface area contributed by atoms with Gasteiger partial charge in [0.25, 0.3) is 0 Å². The first-order valence-electron chi connectivity index (χ1n) is 5.41. The van der Waals surface area contributed by atoms with E-state index in [4.69, 9.17) is 15.7 Å². The lowest BCUT2D eigenvalue weighted by molar-refractivity contribution is 0.318. The van der Waals surface area contributed by atoms with Crippen molar-refractivity contribution in [1.82, 2.24) is 0 Å². The highest BCUT2D eigenvalue weighted by Gasteiger charge is 2.12. The Hall–Kier alpha value is -1.60.